The Hall–Kier alpha value is -4.44. The normalized spacial score (nSPS) is 19.9. The molecule has 0 saturated heterocycles. The van der Waals surface area contributed by atoms with E-state index in [4.69, 9.17) is 9.97 Å². The number of hydrogen-bond donors (Lipinski definition) is 0. The molecule has 0 amide bonds. The Bertz CT molecular complexity index is 1890. The van der Waals surface area contributed by atoms with Crippen molar-refractivity contribution in [3.63, 3.8) is 0 Å². The van der Waals surface area contributed by atoms with E-state index in [0.717, 1.165) is 54.9 Å². The molecule has 0 spiro atoms. The van der Waals surface area contributed by atoms with Crippen molar-refractivity contribution < 1.29 is 0 Å². The summed E-state index contributed by atoms with van der Waals surface area (Å²) in [6, 6.07) is 19.6. The highest BCUT2D eigenvalue weighted by Gasteiger charge is 2.38. The van der Waals surface area contributed by atoms with Crippen molar-refractivity contribution in [3.8, 4) is 11.4 Å². The second-order valence-electron chi connectivity index (χ2n) is 12.0. The lowest BCUT2D eigenvalue weighted by molar-refractivity contribution is 0.546. The highest BCUT2D eigenvalue weighted by Crippen LogP contribution is 2.52. The molecule has 0 radical (unpaired) electrons. The summed E-state index contributed by atoms with van der Waals surface area (Å²) in [7, 11) is 0. The van der Waals surface area contributed by atoms with Crippen LogP contribution in [0.2, 0.25) is 0 Å². The molecule has 1 aliphatic heterocycles. The SMILES string of the molecule is Cc1cccnc1-c1cccc(N2C3=C(C=CCC3)c3c(c4ccccc4n3C3=CCCC=C3)C3=C2C(C)CCC3)n1. The van der Waals surface area contributed by atoms with Gasteiger partial charge in [-0.05, 0) is 99.3 Å². The third-order valence-electron chi connectivity index (χ3n) is 9.37. The smallest absolute Gasteiger partial charge is 0.137 e. The van der Waals surface area contributed by atoms with E-state index >= 15 is 0 Å². The predicted molar refractivity (Wildman–Crippen MR) is 174 cm³/mol. The molecule has 3 aliphatic carbocycles. The van der Waals surface area contributed by atoms with Crippen LogP contribution in [0, 0.1) is 12.8 Å². The third-order valence-corrected chi connectivity index (χ3v) is 9.37. The first-order valence-electron chi connectivity index (χ1n) is 15.5. The maximum atomic E-state index is 5.35. The second-order valence-corrected chi connectivity index (χ2v) is 12.0. The number of anilines is 1. The quantitative estimate of drug-likeness (QED) is 0.256. The number of aryl methyl sites for hydroxylation is 1. The van der Waals surface area contributed by atoms with Gasteiger partial charge in [0.1, 0.15) is 5.82 Å². The number of para-hydroxylation sites is 1. The van der Waals surface area contributed by atoms with Crippen molar-refractivity contribution in [2.75, 3.05) is 4.90 Å². The number of benzene rings is 1. The van der Waals surface area contributed by atoms with E-state index in [1.807, 2.05) is 12.3 Å². The molecule has 4 aliphatic rings. The lowest BCUT2D eigenvalue weighted by atomic mass is 9.83. The number of allylic oxidation sites excluding steroid dienone is 10. The van der Waals surface area contributed by atoms with Crippen LogP contribution >= 0.6 is 0 Å². The molecule has 208 valence electrons. The van der Waals surface area contributed by atoms with E-state index in [2.05, 4.69) is 102 Å². The summed E-state index contributed by atoms with van der Waals surface area (Å²) in [4.78, 5) is 12.6. The molecule has 1 unspecified atom stereocenters. The van der Waals surface area contributed by atoms with Crippen LogP contribution in [-0.4, -0.2) is 14.5 Å². The fourth-order valence-corrected chi connectivity index (χ4v) is 7.53. The van der Waals surface area contributed by atoms with E-state index < -0.39 is 0 Å². The number of aromatic nitrogens is 3. The van der Waals surface area contributed by atoms with Crippen LogP contribution in [0.3, 0.4) is 0 Å². The van der Waals surface area contributed by atoms with Crippen molar-refractivity contribution in [1.29, 1.82) is 0 Å². The lowest BCUT2D eigenvalue weighted by Crippen LogP contribution is -2.30. The van der Waals surface area contributed by atoms with Gasteiger partial charge in [-0.2, -0.15) is 0 Å². The van der Waals surface area contributed by atoms with E-state index in [1.165, 1.54) is 63.2 Å². The number of hydrogen-bond acceptors (Lipinski definition) is 3. The van der Waals surface area contributed by atoms with Gasteiger partial charge in [-0.3, -0.25) is 4.98 Å². The fourth-order valence-electron chi connectivity index (χ4n) is 7.53. The molecule has 4 heteroatoms. The molecule has 1 atom stereocenters. The Kier molecular flexibility index (Phi) is 6.10. The summed E-state index contributed by atoms with van der Waals surface area (Å²) in [5.41, 5.74) is 14.0. The van der Waals surface area contributed by atoms with Gasteiger partial charge in [-0.15, -0.1) is 0 Å². The standard InChI is InChI=1S/C38H36N4/c1-25-14-12-24-39-36(25)31-20-11-23-34(40-31)42-33-22-9-7-18-29(33)38-35(30-19-10-13-26(2)37(30)42)28-17-6-8-21-32(28)41(38)27-15-4-3-5-16-27/h4,6-8,11-12,14-18,20-21,23-24,26H,3,5,9-10,13,19,22H2,1-2H3. The van der Waals surface area contributed by atoms with Gasteiger partial charge in [0.05, 0.1) is 22.6 Å². The molecule has 0 fully saturated rings. The zero-order chi connectivity index (χ0) is 28.2. The number of nitrogens with zero attached hydrogens (tertiary/aromatic N) is 4. The lowest BCUT2D eigenvalue weighted by Gasteiger charge is -2.37. The van der Waals surface area contributed by atoms with Crippen LogP contribution in [0.1, 0.15) is 68.7 Å². The topological polar surface area (TPSA) is 34.0 Å². The first-order valence-corrected chi connectivity index (χ1v) is 15.5. The predicted octanol–water partition coefficient (Wildman–Crippen LogP) is 9.71. The summed E-state index contributed by atoms with van der Waals surface area (Å²) >= 11 is 0. The van der Waals surface area contributed by atoms with Gasteiger partial charge in [-0.25, -0.2) is 4.98 Å². The molecule has 8 rings (SSSR count). The third kappa shape index (κ3) is 3.88. The van der Waals surface area contributed by atoms with Crippen molar-refractivity contribution in [1.82, 2.24) is 14.5 Å². The molecular formula is C38H36N4. The molecule has 1 aromatic carbocycles. The Morgan fingerprint density at radius 2 is 1.79 bits per heavy atom. The molecule has 42 heavy (non-hydrogen) atoms. The number of pyridine rings is 2. The summed E-state index contributed by atoms with van der Waals surface area (Å²) < 4.78 is 2.56. The van der Waals surface area contributed by atoms with Crippen molar-refractivity contribution >= 4 is 33.6 Å². The minimum Gasteiger partial charge on any atom is -0.309 e. The summed E-state index contributed by atoms with van der Waals surface area (Å²) in [6.45, 7) is 4.54. The number of fused-ring (bicyclic) bond motifs is 5. The first-order chi connectivity index (χ1) is 20.7. The summed E-state index contributed by atoms with van der Waals surface area (Å²) in [6.07, 6.45) is 21.4. The van der Waals surface area contributed by atoms with Gasteiger partial charge in [0.15, 0.2) is 0 Å². The molecule has 4 heterocycles. The van der Waals surface area contributed by atoms with Crippen LogP contribution in [0.15, 0.2) is 103 Å². The number of rotatable bonds is 3. The van der Waals surface area contributed by atoms with Crippen molar-refractivity contribution in [3.05, 3.63) is 119 Å². The molecule has 0 N–H and O–H groups in total. The van der Waals surface area contributed by atoms with Gasteiger partial charge >= 0.3 is 0 Å². The van der Waals surface area contributed by atoms with E-state index in [1.54, 1.807) is 0 Å². The fraction of sp³-hybridized carbons (Fsp3) is 0.263. The Morgan fingerprint density at radius 3 is 2.67 bits per heavy atom. The Morgan fingerprint density at radius 1 is 0.881 bits per heavy atom. The zero-order valence-corrected chi connectivity index (χ0v) is 24.5. The van der Waals surface area contributed by atoms with E-state index in [-0.39, 0.29) is 0 Å². The summed E-state index contributed by atoms with van der Waals surface area (Å²) in [5, 5.41) is 1.35. The average Bonchev–Trinajstić information content (AvgIpc) is 3.31. The molecule has 4 nitrogen and oxygen atoms in total. The molecule has 4 aromatic rings. The zero-order valence-electron chi connectivity index (χ0n) is 24.5. The molecule has 3 aromatic heterocycles. The van der Waals surface area contributed by atoms with Crippen LogP contribution < -0.4 is 4.90 Å². The minimum absolute atomic E-state index is 0.428. The van der Waals surface area contributed by atoms with Crippen molar-refractivity contribution in [2.24, 2.45) is 5.92 Å². The van der Waals surface area contributed by atoms with Gasteiger partial charge < -0.3 is 9.47 Å². The van der Waals surface area contributed by atoms with Gasteiger partial charge in [0, 0.05) is 39.8 Å². The maximum Gasteiger partial charge on any atom is 0.137 e. The van der Waals surface area contributed by atoms with Crippen LogP contribution in [0.5, 0.6) is 0 Å². The summed E-state index contributed by atoms with van der Waals surface area (Å²) in [5.74, 6) is 1.43. The largest absolute Gasteiger partial charge is 0.309 e. The van der Waals surface area contributed by atoms with Gasteiger partial charge in [-0.1, -0.05) is 61.6 Å². The average molecular weight is 549 g/mol. The second kappa shape index (κ2) is 10.1. The molecular weight excluding hydrogens is 512 g/mol. The van der Waals surface area contributed by atoms with Gasteiger partial charge in [0.2, 0.25) is 0 Å². The van der Waals surface area contributed by atoms with Gasteiger partial charge in [0.25, 0.3) is 0 Å². The van der Waals surface area contributed by atoms with Crippen LogP contribution in [0.25, 0.3) is 39.1 Å². The molecule has 0 bridgehead atoms. The molecule has 0 saturated carbocycles. The maximum absolute atomic E-state index is 5.35. The van der Waals surface area contributed by atoms with Crippen molar-refractivity contribution in [2.45, 2.75) is 58.8 Å². The first kappa shape index (κ1) is 25.3. The van der Waals surface area contributed by atoms with Crippen LogP contribution in [0.4, 0.5) is 5.82 Å². The highest BCUT2D eigenvalue weighted by molar-refractivity contribution is 6.06. The monoisotopic (exact) mass is 548 g/mol. The van der Waals surface area contributed by atoms with E-state index in [9.17, 15) is 0 Å². The van der Waals surface area contributed by atoms with E-state index in [0.29, 0.717) is 5.92 Å². The minimum atomic E-state index is 0.428. The Labute approximate surface area is 248 Å². The Balaban J connectivity index is 1.46. The van der Waals surface area contributed by atoms with Crippen LogP contribution in [-0.2, 0) is 0 Å². The highest BCUT2D eigenvalue weighted by atomic mass is 15.2.